The Kier molecular flexibility index (Phi) is 6.78. The molecule has 0 spiro atoms. The van der Waals surface area contributed by atoms with Crippen LogP contribution in [0.4, 0.5) is 19.0 Å². The van der Waals surface area contributed by atoms with E-state index in [0.717, 1.165) is 11.8 Å². The molecule has 1 atom stereocenters. The van der Waals surface area contributed by atoms with E-state index in [-0.39, 0.29) is 17.4 Å². The second-order valence-electron chi connectivity index (χ2n) is 6.54. The maximum atomic E-state index is 12.5. The minimum atomic E-state index is -4.46. The number of alkyl halides is 3. The largest absolute Gasteiger partial charge is 0.482 e. The molecule has 10 heteroatoms. The summed E-state index contributed by atoms with van der Waals surface area (Å²) in [6.45, 7) is 4.96. The normalized spacial score (nSPS) is 12.2. The summed E-state index contributed by atoms with van der Waals surface area (Å²) in [4.78, 5) is 31.8. The van der Waals surface area contributed by atoms with Crippen molar-refractivity contribution in [3.63, 3.8) is 0 Å². The van der Waals surface area contributed by atoms with Gasteiger partial charge in [0.2, 0.25) is 5.91 Å². The number of amides is 2. The molecule has 2 aromatic heterocycles. The first kappa shape index (κ1) is 22.1. The van der Waals surface area contributed by atoms with Crippen molar-refractivity contribution in [2.45, 2.75) is 39.9 Å². The molecule has 7 nitrogen and oxygen atoms in total. The number of nitrogens with zero attached hydrogens (tertiary/aromatic N) is 2. The van der Waals surface area contributed by atoms with E-state index in [1.807, 2.05) is 0 Å². The van der Waals surface area contributed by atoms with Crippen LogP contribution >= 0.6 is 0 Å². The van der Waals surface area contributed by atoms with Crippen molar-refractivity contribution >= 4 is 17.6 Å². The number of carbonyl (C=O) groups excluding carboxylic acids is 2. The lowest BCUT2D eigenvalue weighted by atomic mass is 10.1. The fourth-order valence-corrected chi connectivity index (χ4v) is 2.52. The van der Waals surface area contributed by atoms with Crippen LogP contribution in [0.1, 0.15) is 47.2 Å². The SMILES string of the molecule is CC(=O)Nc1cc(C(C)NC(=O)c2cc(C)c(OCC(F)(F)F)cn2)cc(C)n1. The summed E-state index contributed by atoms with van der Waals surface area (Å²) in [7, 11) is 0. The minimum Gasteiger partial charge on any atom is -0.482 e. The molecule has 0 aliphatic carbocycles. The highest BCUT2D eigenvalue weighted by atomic mass is 19.4. The zero-order valence-corrected chi connectivity index (χ0v) is 16.3. The molecule has 0 aliphatic rings. The van der Waals surface area contributed by atoms with Crippen molar-refractivity contribution in [3.05, 3.63) is 46.9 Å². The summed E-state index contributed by atoms with van der Waals surface area (Å²) in [5.74, 6) is -0.442. The van der Waals surface area contributed by atoms with E-state index < -0.39 is 24.7 Å². The van der Waals surface area contributed by atoms with E-state index in [0.29, 0.717) is 17.1 Å². The van der Waals surface area contributed by atoms with E-state index in [1.54, 1.807) is 26.0 Å². The number of pyridine rings is 2. The fraction of sp³-hybridized carbons (Fsp3) is 0.368. The van der Waals surface area contributed by atoms with Crippen LogP contribution < -0.4 is 15.4 Å². The molecule has 2 heterocycles. The third kappa shape index (κ3) is 6.74. The lowest BCUT2D eigenvalue weighted by Crippen LogP contribution is -2.28. The average Bonchev–Trinajstić information content (AvgIpc) is 2.58. The Morgan fingerprint density at radius 1 is 1.21 bits per heavy atom. The molecule has 29 heavy (non-hydrogen) atoms. The Bertz CT molecular complexity index is 916. The van der Waals surface area contributed by atoms with Crippen LogP contribution in [0.15, 0.2) is 24.4 Å². The fourth-order valence-electron chi connectivity index (χ4n) is 2.52. The van der Waals surface area contributed by atoms with Gasteiger partial charge in [-0.25, -0.2) is 9.97 Å². The summed E-state index contributed by atoms with van der Waals surface area (Å²) in [6.07, 6.45) is -3.37. The van der Waals surface area contributed by atoms with E-state index in [4.69, 9.17) is 0 Å². The molecule has 0 saturated carbocycles. The molecule has 2 N–H and O–H groups in total. The highest BCUT2D eigenvalue weighted by Crippen LogP contribution is 2.22. The number of halogens is 3. The smallest absolute Gasteiger partial charge is 0.422 e. The molecule has 2 aromatic rings. The molecule has 0 aromatic carbocycles. The summed E-state index contributed by atoms with van der Waals surface area (Å²) in [6, 6.07) is 4.34. The zero-order chi connectivity index (χ0) is 21.8. The van der Waals surface area contributed by atoms with E-state index in [2.05, 4.69) is 25.3 Å². The van der Waals surface area contributed by atoms with Crippen molar-refractivity contribution < 1.29 is 27.5 Å². The molecule has 1 unspecified atom stereocenters. The molecule has 0 aliphatic heterocycles. The second kappa shape index (κ2) is 8.89. The number of aryl methyl sites for hydroxylation is 2. The van der Waals surface area contributed by atoms with Crippen molar-refractivity contribution in [1.82, 2.24) is 15.3 Å². The van der Waals surface area contributed by atoms with Gasteiger partial charge >= 0.3 is 6.18 Å². The standard InChI is InChI=1S/C19H21F3N4O3/c1-10-5-15(23-8-16(10)29-9-19(20,21)22)18(28)25-12(3)14-6-11(2)24-17(7-14)26-13(4)27/h5-8,12H,9H2,1-4H3,(H,25,28)(H,24,26,27). The molecule has 0 saturated heterocycles. The lowest BCUT2D eigenvalue weighted by Gasteiger charge is -2.16. The minimum absolute atomic E-state index is 0.0431. The average molecular weight is 410 g/mol. The number of anilines is 1. The number of hydrogen-bond donors (Lipinski definition) is 2. The molecular formula is C19H21F3N4O3. The third-order valence-electron chi connectivity index (χ3n) is 3.81. The van der Waals surface area contributed by atoms with Crippen molar-refractivity contribution in [2.75, 3.05) is 11.9 Å². The van der Waals surface area contributed by atoms with Crippen LogP contribution in [0.2, 0.25) is 0 Å². The quantitative estimate of drug-likeness (QED) is 0.761. The highest BCUT2D eigenvalue weighted by Gasteiger charge is 2.28. The summed E-state index contributed by atoms with van der Waals surface area (Å²) < 4.78 is 41.5. The van der Waals surface area contributed by atoms with Crippen LogP contribution in [-0.4, -0.2) is 34.6 Å². The molecule has 156 valence electrons. The molecule has 2 amide bonds. The number of ether oxygens (including phenoxy) is 1. The first-order valence-corrected chi connectivity index (χ1v) is 8.68. The summed E-state index contributed by atoms with van der Waals surface area (Å²) in [5, 5.41) is 5.35. The summed E-state index contributed by atoms with van der Waals surface area (Å²) >= 11 is 0. The lowest BCUT2D eigenvalue weighted by molar-refractivity contribution is -0.153. The Morgan fingerprint density at radius 3 is 2.48 bits per heavy atom. The first-order chi connectivity index (χ1) is 13.4. The van der Waals surface area contributed by atoms with Gasteiger partial charge in [-0.1, -0.05) is 0 Å². The van der Waals surface area contributed by atoms with Crippen molar-refractivity contribution in [1.29, 1.82) is 0 Å². The van der Waals surface area contributed by atoms with Gasteiger partial charge in [0.05, 0.1) is 12.2 Å². The zero-order valence-electron chi connectivity index (χ0n) is 16.3. The molecule has 2 rings (SSSR count). The predicted molar refractivity (Wildman–Crippen MR) is 99.7 cm³/mol. The van der Waals surface area contributed by atoms with Gasteiger partial charge in [-0.3, -0.25) is 9.59 Å². The molecule has 0 fully saturated rings. The summed E-state index contributed by atoms with van der Waals surface area (Å²) in [5.41, 5.74) is 1.78. The van der Waals surface area contributed by atoms with Crippen LogP contribution in [0.25, 0.3) is 0 Å². The monoisotopic (exact) mass is 410 g/mol. The third-order valence-corrected chi connectivity index (χ3v) is 3.81. The van der Waals surface area contributed by atoms with Gasteiger partial charge in [-0.05, 0) is 50.1 Å². The van der Waals surface area contributed by atoms with Gasteiger partial charge in [0, 0.05) is 12.6 Å². The number of carbonyl (C=O) groups is 2. The van der Waals surface area contributed by atoms with E-state index in [1.165, 1.54) is 19.9 Å². The van der Waals surface area contributed by atoms with Gasteiger partial charge in [-0.2, -0.15) is 13.2 Å². The van der Waals surface area contributed by atoms with Crippen molar-refractivity contribution in [2.24, 2.45) is 0 Å². The first-order valence-electron chi connectivity index (χ1n) is 8.68. The van der Waals surface area contributed by atoms with Crippen LogP contribution in [-0.2, 0) is 4.79 Å². The van der Waals surface area contributed by atoms with Crippen LogP contribution in [0.3, 0.4) is 0 Å². The van der Waals surface area contributed by atoms with Gasteiger partial charge < -0.3 is 15.4 Å². The van der Waals surface area contributed by atoms with Gasteiger partial charge in [-0.15, -0.1) is 0 Å². The Hall–Kier alpha value is -3.17. The number of hydrogen-bond acceptors (Lipinski definition) is 5. The number of aromatic nitrogens is 2. The van der Waals surface area contributed by atoms with Gasteiger partial charge in [0.1, 0.15) is 17.3 Å². The van der Waals surface area contributed by atoms with E-state index in [9.17, 15) is 22.8 Å². The van der Waals surface area contributed by atoms with Gasteiger partial charge in [0.25, 0.3) is 5.91 Å². The number of nitrogens with one attached hydrogen (secondary N) is 2. The Balaban J connectivity index is 2.10. The van der Waals surface area contributed by atoms with Crippen LogP contribution in [0.5, 0.6) is 5.75 Å². The van der Waals surface area contributed by atoms with E-state index >= 15 is 0 Å². The van der Waals surface area contributed by atoms with Crippen LogP contribution in [0, 0.1) is 13.8 Å². The van der Waals surface area contributed by atoms with Gasteiger partial charge in [0.15, 0.2) is 6.61 Å². The maximum absolute atomic E-state index is 12.5. The predicted octanol–water partition coefficient (Wildman–Crippen LogP) is 3.48. The second-order valence-corrected chi connectivity index (χ2v) is 6.54. The topological polar surface area (TPSA) is 93.2 Å². The maximum Gasteiger partial charge on any atom is 0.422 e. The molecule has 0 radical (unpaired) electrons. The molecular weight excluding hydrogens is 389 g/mol. The van der Waals surface area contributed by atoms with Crippen molar-refractivity contribution in [3.8, 4) is 5.75 Å². The molecule has 0 bridgehead atoms. The highest BCUT2D eigenvalue weighted by molar-refractivity contribution is 5.93. The Labute approximate surface area is 165 Å². The Morgan fingerprint density at radius 2 is 1.90 bits per heavy atom. The number of rotatable bonds is 6.